The molecule has 4 nitrogen and oxygen atoms in total. The molecule has 4 heteroatoms. The molecule has 3 rings (SSSR count). The first-order valence-electron chi connectivity index (χ1n) is 9.16. The lowest BCUT2D eigenvalue weighted by Gasteiger charge is -2.21. The summed E-state index contributed by atoms with van der Waals surface area (Å²) in [6.07, 6.45) is 2.80. The van der Waals surface area contributed by atoms with Crippen molar-refractivity contribution in [1.29, 1.82) is 0 Å². The summed E-state index contributed by atoms with van der Waals surface area (Å²) >= 11 is 0. The Morgan fingerprint density at radius 1 is 1.12 bits per heavy atom. The summed E-state index contributed by atoms with van der Waals surface area (Å²) in [7, 11) is 0. The molecule has 2 aromatic carbocycles. The molecule has 26 heavy (non-hydrogen) atoms. The highest BCUT2D eigenvalue weighted by Gasteiger charge is 2.14. The molecular formula is C22H25NO3. The number of para-hydroxylation sites is 1. The Hall–Kier alpha value is -2.75. The fraction of sp³-hybridized carbons (Fsp3) is 0.318. The summed E-state index contributed by atoms with van der Waals surface area (Å²) in [6.45, 7) is 7.04. The van der Waals surface area contributed by atoms with Crippen molar-refractivity contribution in [2.75, 3.05) is 31.2 Å². The number of carbonyl (C=O) groups is 1. The highest BCUT2D eigenvalue weighted by molar-refractivity contribution is 5.90. The predicted octanol–water partition coefficient (Wildman–Crippen LogP) is 4.56. The van der Waals surface area contributed by atoms with Crippen LogP contribution < -0.4 is 9.64 Å². The molecule has 0 N–H and O–H groups in total. The Kier molecular flexibility index (Phi) is 5.95. The average Bonchev–Trinajstić information content (AvgIpc) is 2.69. The number of hydrogen-bond donors (Lipinski definition) is 0. The normalized spacial score (nSPS) is 14.5. The number of benzene rings is 2. The summed E-state index contributed by atoms with van der Waals surface area (Å²) in [5, 5.41) is 0. The topological polar surface area (TPSA) is 38.8 Å². The lowest BCUT2D eigenvalue weighted by atomic mass is 10.00. The molecule has 136 valence electrons. The molecule has 2 aromatic rings. The van der Waals surface area contributed by atoms with Gasteiger partial charge in [0.15, 0.2) is 0 Å². The minimum atomic E-state index is -0.298. The Bertz CT molecular complexity index is 776. The number of nitrogens with zero attached hydrogens (tertiary/aromatic N) is 1. The van der Waals surface area contributed by atoms with Gasteiger partial charge in [-0.15, -0.1) is 0 Å². The first-order chi connectivity index (χ1) is 12.7. The molecule has 0 aromatic heterocycles. The van der Waals surface area contributed by atoms with Gasteiger partial charge in [-0.25, -0.2) is 4.79 Å². The summed E-state index contributed by atoms with van der Waals surface area (Å²) in [5.74, 6) is 0.594. The predicted molar refractivity (Wildman–Crippen MR) is 105 cm³/mol. The van der Waals surface area contributed by atoms with Gasteiger partial charge < -0.3 is 14.4 Å². The fourth-order valence-electron chi connectivity index (χ4n) is 3.17. The Labute approximate surface area is 155 Å². The SMILES string of the molecule is CCN(CC)c1ccc(C(=O)OC/C=C2\CCOc3ccccc32)cc1. The highest BCUT2D eigenvalue weighted by Crippen LogP contribution is 2.32. The molecule has 0 saturated heterocycles. The molecule has 1 heterocycles. The highest BCUT2D eigenvalue weighted by atomic mass is 16.5. The molecule has 0 aliphatic carbocycles. The average molecular weight is 351 g/mol. The number of anilines is 1. The number of rotatable bonds is 6. The molecule has 0 unspecified atom stereocenters. The van der Waals surface area contributed by atoms with Crippen LogP contribution in [0.5, 0.6) is 5.75 Å². The Balaban J connectivity index is 1.61. The van der Waals surface area contributed by atoms with Crippen molar-refractivity contribution >= 4 is 17.2 Å². The van der Waals surface area contributed by atoms with E-state index in [2.05, 4.69) is 18.7 Å². The van der Waals surface area contributed by atoms with Gasteiger partial charge in [0, 0.05) is 30.8 Å². The largest absolute Gasteiger partial charge is 0.493 e. The zero-order valence-electron chi connectivity index (χ0n) is 15.4. The molecular weight excluding hydrogens is 326 g/mol. The van der Waals surface area contributed by atoms with E-state index in [0.29, 0.717) is 12.2 Å². The van der Waals surface area contributed by atoms with Gasteiger partial charge in [0.1, 0.15) is 12.4 Å². The maximum Gasteiger partial charge on any atom is 0.338 e. The van der Waals surface area contributed by atoms with Crippen molar-refractivity contribution in [2.24, 2.45) is 0 Å². The van der Waals surface area contributed by atoms with Crippen LogP contribution in [0.3, 0.4) is 0 Å². The van der Waals surface area contributed by atoms with E-state index in [0.717, 1.165) is 42.1 Å². The standard InChI is InChI=1S/C22H25NO3/c1-3-23(4-2)19-11-9-18(10-12-19)22(24)26-16-14-17-13-15-25-21-8-6-5-7-20(17)21/h5-12,14H,3-4,13,15-16H2,1-2H3/b17-14+. The minimum absolute atomic E-state index is 0.264. The maximum absolute atomic E-state index is 12.3. The fourth-order valence-corrected chi connectivity index (χ4v) is 3.17. The van der Waals surface area contributed by atoms with E-state index >= 15 is 0 Å². The summed E-state index contributed by atoms with van der Waals surface area (Å²) in [6, 6.07) is 15.5. The summed E-state index contributed by atoms with van der Waals surface area (Å²) in [4.78, 5) is 14.5. The second-order valence-electron chi connectivity index (χ2n) is 6.14. The van der Waals surface area contributed by atoms with Crippen LogP contribution in [0.2, 0.25) is 0 Å². The molecule has 1 aliphatic heterocycles. The smallest absolute Gasteiger partial charge is 0.338 e. The van der Waals surface area contributed by atoms with Gasteiger partial charge in [0.05, 0.1) is 12.2 Å². The van der Waals surface area contributed by atoms with Gasteiger partial charge >= 0.3 is 5.97 Å². The van der Waals surface area contributed by atoms with Gasteiger partial charge in [0.25, 0.3) is 0 Å². The third-order valence-electron chi connectivity index (χ3n) is 4.64. The van der Waals surface area contributed by atoms with Crippen LogP contribution >= 0.6 is 0 Å². The zero-order valence-corrected chi connectivity index (χ0v) is 15.4. The maximum atomic E-state index is 12.3. The van der Waals surface area contributed by atoms with Crippen LogP contribution in [0.4, 0.5) is 5.69 Å². The Morgan fingerprint density at radius 3 is 2.58 bits per heavy atom. The third-order valence-corrected chi connectivity index (χ3v) is 4.64. The third kappa shape index (κ3) is 4.07. The van der Waals surface area contributed by atoms with E-state index in [-0.39, 0.29) is 12.6 Å². The molecule has 0 bridgehead atoms. The van der Waals surface area contributed by atoms with E-state index in [1.165, 1.54) is 0 Å². The zero-order chi connectivity index (χ0) is 18.4. The van der Waals surface area contributed by atoms with Crippen LogP contribution in [0.15, 0.2) is 54.6 Å². The number of ether oxygens (including phenoxy) is 2. The first kappa shape index (κ1) is 18.1. The van der Waals surface area contributed by atoms with Gasteiger partial charge in [-0.3, -0.25) is 0 Å². The minimum Gasteiger partial charge on any atom is -0.493 e. The van der Waals surface area contributed by atoms with Crippen LogP contribution in [-0.4, -0.2) is 32.3 Å². The summed E-state index contributed by atoms with van der Waals surface area (Å²) in [5.41, 5.74) is 3.94. The van der Waals surface area contributed by atoms with Crippen LogP contribution in [0.1, 0.15) is 36.2 Å². The molecule has 0 spiro atoms. The lowest BCUT2D eigenvalue weighted by Crippen LogP contribution is -2.21. The second kappa shape index (κ2) is 8.56. The van der Waals surface area contributed by atoms with Crippen LogP contribution in [-0.2, 0) is 4.74 Å². The molecule has 0 saturated carbocycles. The Morgan fingerprint density at radius 2 is 1.85 bits per heavy atom. The summed E-state index contributed by atoms with van der Waals surface area (Å²) < 4.78 is 11.1. The molecule has 0 atom stereocenters. The van der Waals surface area contributed by atoms with Gasteiger partial charge in [-0.1, -0.05) is 18.2 Å². The molecule has 0 fully saturated rings. The van der Waals surface area contributed by atoms with Crippen LogP contribution in [0, 0.1) is 0 Å². The van der Waals surface area contributed by atoms with E-state index in [1.54, 1.807) is 0 Å². The molecule has 0 radical (unpaired) electrons. The second-order valence-corrected chi connectivity index (χ2v) is 6.14. The van der Waals surface area contributed by atoms with Gasteiger partial charge in [-0.05, 0) is 55.8 Å². The van der Waals surface area contributed by atoms with Crippen LogP contribution in [0.25, 0.3) is 5.57 Å². The first-order valence-corrected chi connectivity index (χ1v) is 9.16. The number of fused-ring (bicyclic) bond motifs is 1. The van der Waals surface area contributed by atoms with Crippen molar-refractivity contribution in [1.82, 2.24) is 0 Å². The molecule has 0 amide bonds. The number of esters is 1. The number of hydrogen-bond acceptors (Lipinski definition) is 4. The van der Waals surface area contributed by atoms with E-state index < -0.39 is 0 Å². The van der Waals surface area contributed by atoms with Crippen molar-refractivity contribution in [3.8, 4) is 5.75 Å². The van der Waals surface area contributed by atoms with Gasteiger partial charge in [-0.2, -0.15) is 0 Å². The quantitative estimate of drug-likeness (QED) is 0.716. The number of carbonyl (C=O) groups excluding carboxylic acids is 1. The van der Waals surface area contributed by atoms with Crippen molar-refractivity contribution in [3.63, 3.8) is 0 Å². The van der Waals surface area contributed by atoms with E-state index in [1.807, 2.05) is 54.6 Å². The van der Waals surface area contributed by atoms with Crippen molar-refractivity contribution in [2.45, 2.75) is 20.3 Å². The van der Waals surface area contributed by atoms with Gasteiger partial charge in [0.2, 0.25) is 0 Å². The van der Waals surface area contributed by atoms with Crippen molar-refractivity contribution in [3.05, 3.63) is 65.7 Å². The van der Waals surface area contributed by atoms with E-state index in [4.69, 9.17) is 9.47 Å². The monoisotopic (exact) mass is 351 g/mol. The van der Waals surface area contributed by atoms with Crippen molar-refractivity contribution < 1.29 is 14.3 Å². The van der Waals surface area contributed by atoms with E-state index in [9.17, 15) is 4.79 Å². The lowest BCUT2D eigenvalue weighted by molar-refractivity contribution is 0.0550. The molecule has 1 aliphatic rings.